The molecule has 0 aromatic carbocycles. The van der Waals surface area contributed by atoms with E-state index in [9.17, 15) is 9.59 Å². The summed E-state index contributed by atoms with van der Waals surface area (Å²) in [6.07, 6.45) is 2.42. The Morgan fingerprint density at radius 3 is 2.72 bits per heavy atom. The van der Waals surface area contributed by atoms with Crippen molar-refractivity contribution in [1.82, 2.24) is 10.3 Å². The Labute approximate surface area is 106 Å². The Hall–Kier alpha value is -1.91. The van der Waals surface area contributed by atoms with Crippen LogP contribution in [0.15, 0.2) is 18.2 Å². The number of hydrogen-bond donors (Lipinski definition) is 2. The lowest BCUT2D eigenvalue weighted by molar-refractivity contribution is -0.137. The number of aliphatic carboxylic acids is 1. The summed E-state index contributed by atoms with van der Waals surface area (Å²) < 4.78 is 0. The van der Waals surface area contributed by atoms with Gasteiger partial charge in [-0.05, 0) is 31.9 Å². The van der Waals surface area contributed by atoms with Gasteiger partial charge in [0.25, 0.3) is 5.91 Å². The van der Waals surface area contributed by atoms with E-state index in [0.29, 0.717) is 18.7 Å². The molecular formula is C13H18N2O3. The molecule has 1 heterocycles. The SMILES string of the molecule is Cc1cccc(C(=O)NCCCCCC(=O)O)n1. The van der Waals surface area contributed by atoms with E-state index in [-0.39, 0.29) is 12.3 Å². The second-order valence-electron chi connectivity index (χ2n) is 4.12. The summed E-state index contributed by atoms with van der Waals surface area (Å²) in [4.78, 5) is 26.1. The molecule has 0 unspecified atom stereocenters. The van der Waals surface area contributed by atoms with Gasteiger partial charge in [-0.2, -0.15) is 0 Å². The summed E-state index contributed by atoms with van der Waals surface area (Å²) in [5, 5.41) is 11.2. The van der Waals surface area contributed by atoms with Gasteiger partial charge in [0.15, 0.2) is 0 Å². The molecule has 0 saturated heterocycles. The predicted molar refractivity (Wildman–Crippen MR) is 67.4 cm³/mol. The van der Waals surface area contributed by atoms with E-state index in [4.69, 9.17) is 5.11 Å². The predicted octanol–water partition coefficient (Wildman–Crippen LogP) is 1.76. The molecule has 5 nitrogen and oxygen atoms in total. The zero-order valence-corrected chi connectivity index (χ0v) is 10.5. The fourth-order valence-corrected chi connectivity index (χ4v) is 1.54. The minimum absolute atomic E-state index is 0.183. The van der Waals surface area contributed by atoms with Crippen LogP contribution in [0.4, 0.5) is 0 Å². The molecule has 0 saturated carbocycles. The van der Waals surface area contributed by atoms with Crippen LogP contribution in [-0.2, 0) is 4.79 Å². The standard InChI is InChI=1S/C13H18N2O3/c1-10-6-5-7-11(15-10)13(18)14-9-4-2-3-8-12(16)17/h5-7H,2-4,8-9H2,1H3,(H,14,18)(H,16,17). The number of rotatable bonds is 7. The van der Waals surface area contributed by atoms with Gasteiger partial charge in [-0.15, -0.1) is 0 Å². The molecule has 0 bridgehead atoms. The molecule has 5 heteroatoms. The molecule has 0 atom stereocenters. The summed E-state index contributed by atoms with van der Waals surface area (Å²) in [6.45, 7) is 2.39. The fraction of sp³-hybridized carbons (Fsp3) is 0.462. The smallest absolute Gasteiger partial charge is 0.303 e. The van der Waals surface area contributed by atoms with Crippen LogP contribution in [0.2, 0.25) is 0 Å². The van der Waals surface area contributed by atoms with E-state index in [1.54, 1.807) is 12.1 Å². The molecule has 18 heavy (non-hydrogen) atoms. The van der Waals surface area contributed by atoms with Crippen LogP contribution >= 0.6 is 0 Å². The monoisotopic (exact) mass is 250 g/mol. The first-order valence-corrected chi connectivity index (χ1v) is 6.03. The van der Waals surface area contributed by atoms with Crippen LogP contribution in [0, 0.1) is 6.92 Å². The molecule has 2 N–H and O–H groups in total. The summed E-state index contributed by atoms with van der Waals surface area (Å²) in [7, 11) is 0. The second-order valence-corrected chi connectivity index (χ2v) is 4.12. The van der Waals surface area contributed by atoms with Gasteiger partial charge in [0.1, 0.15) is 5.69 Å². The summed E-state index contributed by atoms with van der Waals surface area (Å²) >= 11 is 0. The minimum atomic E-state index is -0.775. The van der Waals surface area contributed by atoms with Crippen molar-refractivity contribution in [1.29, 1.82) is 0 Å². The third-order valence-corrected chi connectivity index (χ3v) is 2.47. The average molecular weight is 250 g/mol. The molecule has 0 aliphatic rings. The van der Waals surface area contributed by atoms with E-state index in [0.717, 1.165) is 18.5 Å². The third-order valence-electron chi connectivity index (χ3n) is 2.47. The number of hydrogen-bond acceptors (Lipinski definition) is 3. The molecule has 0 fully saturated rings. The first-order chi connectivity index (χ1) is 8.59. The van der Waals surface area contributed by atoms with Crippen molar-refractivity contribution in [2.75, 3.05) is 6.54 Å². The van der Waals surface area contributed by atoms with Crippen LogP contribution < -0.4 is 5.32 Å². The number of amides is 1. The highest BCUT2D eigenvalue weighted by Gasteiger charge is 2.05. The van der Waals surface area contributed by atoms with Crippen molar-refractivity contribution in [2.24, 2.45) is 0 Å². The topological polar surface area (TPSA) is 79.3 Å². The molecule has 98 valence electrons. The Bertz CT molecular complexity index is 418. The quantitative estimate of drug-likeness (QED) is 0.723. The Balaban J connectivity index is 2.20. The number of carboxylic acid groups (broad SMARTS) is 1. The van der Waals surface area contributed by atoms with Crippen molar-refractivity contribution in [3.8, 4) is 0 Å². The molecule has 1 rings (SSSR count). The van der Waals surface area contributed by atoms with Gasteiger partial charge in [-0.3, -0.25) is 9.59 Å². The van der Waals surface area contributed by atoms with Crippen molar-refractivity contribution in [2.45, 2.75) is 32.6 Å². The molecule has 1 aromatic rings. The van der Waals surface area contributed by atoms with Gasteiger partial charge in [0.05, 0.1) is 0 Å². The molecule has 0 aliphatic heterocycles. The van der Waals surface area contributed by atoms with Crippen molar-refractivity contribution >= 4 is 11.9 Å². The maximum absolute atomic E-state index is 11.7. The molecule has 1 amide bonds. The van der Waals surface area contributed by atoms with Crippen LogP contribution in [-0.4, -0.2) is 28.5 Å². The number of nitrogens with zero attached hydrogens (tertiary/aromatic N) is 1. The number of carbonyl (C=O) groups excluding carboxylic acids is 1. The lowest BCUT2D eigenvalue weighted by Crippen LogP contribution is -2.25. The minimum Gasteiger partial charge on any atom is -0.481 e. The number of aromatic nitrogens is 1. The van der Waals surface area contributed by atoms with Gasteiger partial charge >= 0.3 is 5.97 Å². The zero-order valence-electron chi connectivity index (χ0n) is 10.5. The lowest BCUT2D eigenvalue weighted by atomic mass is 10.2. The fourth-order valence-electron chi connectivity index (χ4n) is 1.54. The van der Waals surface area contributed by atoms with E-state index < -0.39 is 5.97 Å². The van der Waals surface area contributed by atoms with Crippen LogP contribution in [0.5, 0.6) is 0 Å². The highest BCUT2D eigenvalue weighted by Crippen LogP contribution is 2.00. The number of aryl methyl sites for hydroxylation is 1. The van der Waals surface area contributed by atoms with Gasteiger partial charge < -0.3 is 10.4 Å². The molecular weight excluding hydrogens is 232 g/mol. The van der Waals surface area contributed by atoms with Crippen LogP contribution in [0.1, 0.15) is 41.9 Å². The molecule has 1 aromatic heterocycles. The lowest BCUT2D eigenvalue weighted by Gasteiger charge is -2.04. The summed E-state index contributed by atoms with van der Waals surface area (Å²) in [5.74, 6) is -0.958. The van der Waals surface area contributed by atoms with Gasteiger partial charge in [0.2, 0.25) is 0 Å². The van der Waals surface area contributed by atoms with Crippen molar-refractivity contribution in [3.05, 3.63) is 29.6 Å². The Morgan fingerprint density at radius 1 is 1.28 bits per heavy atom. The molecule has 0 aliphatic carbocycles. The number of carboxylic acids is 1. The van der Waals surface area contributed by atoms with E-state index >= 15 is 0 Å². The summed E-state index contributed by atoms with van der Waals surface area (Å²) in [6, 6.07) is 5.31. The maximum Gasteiger partial charge on any atom is 0.303 e. The molecule has 0 radical (unpaired) electrons. The highest BCUT2D eigenvalue weighted by molar-refractivity contribution is 5.92. The van der Waals surface area contributed by atoms with Crippen molar-refractivity contribution < 1.29 is 14.7 Å². The zero-order chi connectivity index (χ0) is 13.4. The largest absolute Gasteiger partial charge is 0.481 e. The maximum atomic E-state index is 11.7. The van der Waals surface area contributed by atoms with E-state index in [2.05, 4.69) is 10.3 Å². The summed E-state index contributed by atoms with van der Waals surface area (Å²) in [5.41, 5.74) is 1.23. The Kier molecular flexibility index (Phi) is 5.84. The van der Waals surface area contributed by atoms with Gasteiger partial charge in [-0.1, -0.05) is 12.5 Å². The van der Waals surface area contributed by atoms with Crippen molar-refractivity contribution in [3.63, 3.8) is 0 Å². The number of pyridine rings is 1. The normalized spacial score (nSPS) is 10.1. The first kappa shape index (κ1) is 14.2. The number of unbranched alkanes of at least 4 members (excludes halogenated alkanes) is 2. The molecule has 0 spiro atoms. The third kappa shape index (κ3) is 5.43. The number of carbonyl (C=O) groups is 2. The number of nitrogens with one attached hydrogen (secondary N) is 1. The highest BCUT2D eigenvalue weighted by atomic mass is 16.4. The average Bonchev–Trinajstić information content (AvgIpc) is 2.33. The van der Waals surface area contributed by atoms with E-state index in [1.165, 1.54) is 0 Å². The van der Waals surface area contributed by atoms with Crippen LogP contribution in [0.25, 0.3) is 0 Å². The Morgan fingerprint density at radius 2 is 2.06 bits per heavy atom. The first-order valence-electron chi connectivity index (χ1n) is 6.03. The van der Waals surface area contributed by atoms with Crippen LogP contribution in [0.3, 0.4) is 0 Å². The van der Waals surface area contributed by atoms with E-state index in [1.807, 2.05) is 13.0 Å². The second kappa shape index (κ2) is 7.42. The van der Waals surface area contributed by atoms with Gasteiger partial charge in [0, 0.05) is 18.7 Å². The van der Waals surface area contributed by atoms with Gasteiger partial charge in [-0.25, -0.2) is 4.98 Å².